The predicted molar refractivity (Wildman–Crippen MR) is 148 cm³/mol. The summed E-state index contributed by atoms with van der Waals surface area (Å²) in [5.74, 6) is 2.17. The summed E-state index contributed by atoms with van der Waals surface area (Å²) in [5.41, 5.74) is 7.48. The average molecular weight is 497 g/mol. The van der Waals surface area contributed by atoms with Crippen molar-refractivity contribution in [3.8, 4) is 5.75 Å². The fourth-order valence-corrected chi connectivity index (χ4v) is 6.58. The molecule has 5 heteroatoms. The van der Waals surface area contributed by atoms with E-state index in [1.807, 2.05) is 66.7 Å². The van der Waals surface area contributed by atoms with Crippen molar-refractivity contribution in [2.24, 2.45) is 11.7 Å². The number of hydrogen-bond donors (Lipinski definition) is 1. The van der Waals surface area contributed by atoms with Crippen molar-refractivity contribution in [3.05, 3.63) is 102 Å². The minimum absolute atomic E-state index is 0.154. The van der Waals surface area contributed by atoms with Crippen LogP contribution in [-0.2, 0) is 10.2 Å². The van der Waals surface area contributed by atoms with Crippen molar-refractivity contribution in [2.45, 2.75) is 44.1 Å². The molecule has 0 radical (unpaired) electrons. The highest BCUT2D eigenvalue weighted by molar-refractivity contribution is 5.91. The maximum atomic E-state index is 13.4. The van der Waals surface area contributed by atoms with Crippen molar-refractivity contribution in [3.63, 3.8) is 0 Å². The van der Waals surface area contributed by atoms with E-state index in [2.05, 4.69) is 40.7 Å². The number of rotatable bonds is 10. The number of para-hydroxylation sites is 1. The van der Waals surface area contributed by atoms with E-state index in [1.165, 1.54) is 5.84 Å². The van der Waals surface area contributed by atoms with E-state index in [4.69, 9.17) is 10.5 Å². The second-order valence-electron chi connectivity index (χ2n) is 10.3. The van der Waals surface area contributed by atoms with Crippen LogP contribution in [0.1, 0.15) is 43.7 Å². The molecule has 0 bridgehead atoms. The zero-order valence-electron chi connectivity index (χ0n) is 21.8. The number of nitrogens with two attached hydrogens (primary N) is 1. The van der Waals surface area contributed by atoms with Crippen LogP contribution in [0, 0.1) is 5.92 Å². The molecule has 1 aliphatic heterocycles. The Bertz CT molecular complexity index is 1170. The third-order valence-corrected chi connectivity index (χ3v) is 8.37. The Morgan fingerprint density at radius 3 is 2.14 bits per heavy atom. The Labute approximate surface area is 220 Å². The van der Waals surface area contributed by atoms with Crippen LogP contribution in [0.5, 0.6) is 5.75 Å². The molecule has 3 aromatic rings. The Kier molecular flexibility index (Phi) is 7.59. The van der Waals surface area contributed by atoms with Gasteiger partial charge in [-0.2, -0.15) is 0 Å². The van der Waals surface area contributed by atoms with Gasteiger partial charge in [-0.1, -0.05) is 78.9 Å². The van der Waals surface area contributed by atoms with Gasteiger partial charge in [0.1, 0.15) is 24.3 Å². The minimum atomic E-state index is -0.820. The molecule has 0 aromatic heterocycles. The number of ether oxygens (including phenoxy) is 1. The topological polar surface area (TPSA) is 58.6 Å². The first-order valence-corrected chi connectivity index (χ1v) is 13.5. The van der Waals surface area contributed by atoms with Gasteiger partial charge in [0.15, 0.2) is 0 Å². The largest absolute Gasteiger partial charge is 0.493 e. The molecule has 2 aliphatic rings. The highest BCUT2D eigenvalue weighted by atomic mass is 16.5. The second-order valence-corrected chi connectivity index (χ2v) is 10.3. The van der Waals surface area contributed by atoms with Crippen molar-refractivity contribution < 1.29 is 14.1 Å². The van der Waals surface area contributed by atoms with Gasteiger partial charge in [0.05, 0.1) is 19.2 Å². The van der Waals surface area contributed by atoms with Crippen molar-refractivity contribution in [2.75, 3.05) is 26.2 Å². The summed E-state index contributed by atoms with van der Waals surface area (Å²) in [6.45, 7) is 6.02. The summed E-state index contributed by atoms with van der Waals surface area (Å²) in [6.07, 6.45) is 3.99. The van der Waals surface area contributed by atoms with E-state index in [9.17, 15) is 4.79 Å². The summed E-state index contributed by atoms with van der Waals surface area (Å²) >= 11 is 0. The fraction of sp³-hybridized carbons (Fsp3) is 0.375. The van der Waals surface area contributed by atoms with Crippen molar-refractivity contribution >= 4 is 11.7 Å². The number of benzene rings is 3. The summed E-state index contributed by atoms with van der Waals surface area (Å²) in [7, 11) is 0. The number of amides is 1. The summed E-state index contributed by atoms with van der Waals surface area (Å²) < 4.78 is 8.38. The molecule has 3 aromatic carbocycles. The van der Waals surface area contributed by atoms with E-state index in [-0.39, 0.29) is 11.8 Å². The maximum absolute atomic E-state index is 13.4. The normalized spacial score (nSPS) is 19.9. The molecule has 1 fully saturated rings. The van der Waals surface area contributed by atoms with Crippen LogP contribution in [-0.4, -0.2) is 53.5 Å². The number of primary amides is 1. The molecule has 192 valence electrons. The molecular weight excluding hydrogens is 458 g/mol. The first-order chi connectivity index (χ1) is 18.1. The monoisotopic (exact) mass is 496 g/mol. The van der Waals surface area contributed by atoms with Gasteiger partial charge in [-0.05, 0) is 48.4 Å². The molecule has 5 rings (SSSR count). The average Bonchev–Trinajstić information content (AvgIpc) is 3.56. The van der Waals surface area contributed by atoms with E-state index in [1.54, 1.807) is 0 Å². The van der Waals surface area contributed by atoms with Gasteiger partial charge in [-0.3, -0.25) is 14.3 Å². The molecule has 2 unspecified atom stereocenters. The van der Waals surface area contributed by atoms with Gasteiger partial charge in [-0.15, -0.1) is 0 Å². The predicted octanol–water partition coefficient (Wildman–Crippen LogP) is 4.84. The molecule has 0 spiro atoms. The van der Waals surface area contributed by atoms with E-state index in [0.717, 1.165) is 62.2 Å². The van der Waals surface area contributed by atoms with E-state index >= 15 is 0 Å². The smallest absolute Gasteiger partial charge is 0.244 e. The third-order valence-electron chi connectivity index (χ3n) is 8.37. The first kappa shape index (κ1) is 25.1. The molecule has 1 aliphatic carbocycles. The first-order valence-electron chi connectivity index (χ1n) is 13.5. The molecule has 5 nitrogen and oxygen atoms in total. The van der Waals surface area contributed by atoms with Crippen LogP contribution in [0.25, 0.3) is 0 Å². The number of hydrogen-bond acceptors (Lipinski definition) is 3. The second kappa shape index (κ2) is 11.2. The molecule has 1 heterocycles. The Balaban J connectivity index is 1.30. The van der Waals surface area contributed by atoms with Gasteiger partial charge in [0.2, 0.25) is 11.7 Å². The maximum Gasteiger partial charge on any atom is 0.244 e. The minimum Gasteiger partial charge on any atom is -0.493 e. The Hall–Kier alpha value is -3.60. The molecular formula is C32H38N3O2+. The lowest BCUT2D eigenvalue weighted by atomic mass is 9.64. The van der Waals surface area contributed by atoms with Crippen molar-refractivity contribution in [1.29, 1.82) is 0 Å². The van der Waals surface area contributed by atoms with Gasteiger partial charge >= 0.3 is 0 Å². The number of carbonyl (C=O) groups is 1. The molecule has 2 N–H and O–H groups in total. The number of carbonyl (C=O) groups excluding carboxylic acids is 1. The quantitative estimate of drug-likeness (QED) is 0.323. The lowest BCUT2D eigenvalue weighted by Gasteiger charge is -2.37. The zero-order valence-corrected chi connectivity index (χ0v) is 21.8. The van der Waals surface area contributed by atoms with Gasteiger partial charge in [0, 0.05) is 13.3 Å². The third kappa shape index (κ3) is 5.00. The highest BCUT2D eigenvalue weighted by Gasteiger charge is 2.52. The Morgan fingerprint density at radius 1 is 0.946 bits per heavy atom. The standard InChI is InChI=1S/C32H37N3O2/c1-25-34(20-11-23-37-30-16-9-4-10-17-30)21-22-35(25)29-19-18-28(24-29)32(31(33)36,26-12-5-2-6-13-26)27-14-7-3-8-15-27/h2-10,12-17,28-29H,11,18-24H2,1H3,(H-,33,36)/p+1. The van der Waals surface area contributed by atoms with Gasteiger partial charge in [0.25, 0.3) is 0 Å². The van der Waals surface area contributed by atoms with E-state index in [0.29, 0.717) is 12.6 Å². The van der Waals surface area contributed by atoms with Crippen molar-refractivity contribution in [1.82, 2.24) is 4.90 Å². The Morgan fingerprint density at radius 2 is 1.54 bits per heavy atom. The van der Waals surface area contributed by atoms with Crippen LogP contribution < -0.4 is 10.5 Å². The fourth-order valence-electron chi connectivity index (χ4n) is 6.58. The van der Waals surface area contributed by atoms with E-state index < -0.39 is 5.41 Å². The molecule has 1 saturated carbocycles. The number of amidine groups is 1. The number of nitrogens with zero attached hydrogens (tertiary/aromatic N) is 2. The van der Waals surface area contributed by atoms with Gasteiger partial charge < -0.3 is 10.5 Å². The molecule has 2 atom stereocenters. The summed E-state index contributed by atoms with van der Waals surface area (Å²) in [5, 5.41) is 0. The molecule has 37 heavy (non-hydrogen) atoms. The van der Waals surface area contributed by atoms with Gasteiger partial charge in [-0.25, -0.2) is 0 Å². The molecule has 0 saturated heterocycles. The van der Waals surface area contributed by atoms with Crippen LogP contribution in [0.2, 0.25) is 0 Å². The SMILES string of the molecule is CC1=[N+](CCCOc2ccccc2)CCN1C1CCC(C(C(N)=O)(c2ccccc2)c2ccccc2)C1. The van der Waals surface area contributed by atoms with Crippen LogP contribution in [0.3, 0.4) is 0 Å². The summed E-state index contributed by atoms with van der Waals surface area (Å²) in [4.78, 5) is 16.0. The zero-order chi connectivity index (χ0) is 25.7. The lowest BCUT2D eigenvalue weighted by molar-refractivity contribution is -0.519. The van der Waals surface area contributed by atoms with Crippen LogP contribution in [0.15, 0.2) is 91.0 Å². The summed E-state index contributed by atoms with van der Waals surface area (Å²) in [6, 6.07) is 30.8. The lowest BCUT2D eigenvalue weighted by Crippen LogP contribution is -2.48. The van der Waals surface area contributed by atoms with Crippen LogP contribution in [0.4, 0.5) is 0 Å². The highest BCUT2D eigenvalue weighted by Crippen LogP contribution is 2.48. The van der Waals surface area contributed by atoms with Crippen LogP contribution >= 0.6 is 0 Å². The molecule has 1 amide bonds.